The molecule has 1 aliphatic heterocycles. The molecule has 0 saturated carbocycles. The summed E-state index contributed by atoms with van der Waals surface area (Å²) in [7, 11) is -1.53. The molecule has 11 heteroatoms. The van der Waals surface area contributed by atoms with Gasteiger partial charge in [-0.2, -0.15) is 4.31 Å². The number of fused-ring (bicyclic) bond motifs is 1. The van der Waals surface area contributed by atoms with Gasteiger partial charge in [0.1, 0.15) is 17.2 Å². The average molecular weight is 474 g/mol. The minimum atomic E-state index is -3.21. The van der Waals surface area contributed by atoms with Gasteiger partial charge in [-0.1, -0.05) is 0 Å². The van der Waals surface area contributed by atoms with Crippen molar-refractivity contribution < 1.29 is 17.6 Å². The molecule has 3 aromatic heterocycles. The van der Waals surface area contributed by atoms with E-state index in [4.69, 9.17) is 4.42 Å². The van der Waals surface area contributed by atoms with Crippen LogP contribution in [0.1, 0.15) is 25.6 Å². The number of aromatic nitrogens is 2. The summed E-state index contributed by atoms with van der Waals surface area (Å²) < 4.78 is 32.8. The van der Waals surface area contributed by atoms with Gasteiger partial charge in [0.25, 0.3) is 5.56 Å². The molecule has 4 rings (SSSR count). The highest BCUT2D eigenvalue weighted by molar-refractivity contribution is 7.88. The van der Waals surface area contributed by atoms with Gasteiger partial charge >= 0.3 is 0 Å². The van der Waals surface area contributed by atoms with E-state index in [-0.39, 0.29) is 17.5 Å². The number of carbonyl (C=O) groups is 1. The summed E-state index contributed by atoms with van der Waals surface area (Å²) in [4.78, 5) is 30.6. The first-order chi connectivity index (χ1) is 15.5. The third-order valence-corrected chi connectivity index (χ3v) is 7.25. The normalized spacial score (nSPS) is 16.7. The van der Waals surface area contributed by atoms with E-state index in [1.165, 1.54) is 22.1 Å². The first-order valence-corrected chi connectivity index (χ1v) is 12.5. The Labute approximate surface area is 191 Å². The number of hydrogen-bond donors (Lipinski definition) is 1. The van der Waals surface area contributed by atoms with Crippen molar-refractivity contribution >= 4 is 32.7 Å². The molecule has 1 aliphatic rings. The molecule has 1 fully saturated rings. The molecule has 0 unspecified atom stereocenters. The van der Waals surface area contributed by atoms with E-state index in [2.05, 4.69) is 15.2 Å². The monoisotopic (exact) mass is 473 g/mol. The molecule has 3 aromatic rings. The Balaban J connectivity index is 1.70. The van der Waals surface area contributed by atoms with Crippen LogP contribution in [0.3, 0.4) is 0 Å². The number of anilines is 1. The largest absolute Gasteiger partial charge is 0.458 e. The molecule has 1 amide bonds. The van der Waals surface area contributed by atoms with Gasteiger partial charge in [-0.3, -0.25) is 14.5 Å². The summed E-state index contributed by atoms with van der Waals surface area (Å²) in [5.41, 5.74) is 1.76. The molecule has 1 atom stereocenters. The third-order valence-electron chi connectivity index (χ3n) is 5.95. The number of sulfonamides is 1. The lowest BCUT2D eigenvalue weighted by atomic mass is 10.1. The van der Waals surface area contributed by atoms with E-state index in [9.17, 15) is 18.0 Å². The molecule has 1 saturated heterocycles. The number of pyridine rings is 2. The highest BCUT2D eigenvalue weighted by atomic mass is 32.2. The number of nitrogens with zero attached hydrogens (tertiary/aromatic N) is 4. The quantitative estimate of drug-likeness (QED) is 0.600. The minimum absolute atomic E-state index is 0.135. The van der Waals surface area contributed by atoms with Crippen molar-refractivity contribution in [2.75, 3.05) is 37.8 Å². The Hall–Kier alpha value is -3.02. The number of carbonyl (C=O) groups excluding carboxylic acids is 1. The smallest absolute Gasteiger partial charge is 0.261 e. The van der Waals surface area contributed by atoms with Crippen LogP contribution in [0.15, 0.2) is 39.8 Å². The van der Waals surface area contributed by atoms with Crippen molar-refractivity contribution in [3.8, 4) is 11.1 Å². The second-order valence-electron chi connectivity index (χ2n) is 8.34. The molecule has 4 heterocycles. The predicted octanol–water partition coefficient (Wildman–Crippen LogP) is 1.79. The minimum Gasteiger partial charge on any atom is -0.458 e. The number of amides is 1. The fourth-order valence-electron chi connectivity index (χ4n) is 4.13. The molecule has 1 N–H and O–H groups in total. The maximum absolute atomic E-state index is 12.8. The third kappa shape index (κ3) is 4.70. The average Bonchev–Trinajstić information content (AvgIpc) is 3.21. The molecule has 33 heavy (non-hydrogen) atoms. The molecule has 0 aliphatic carbocycles. The van der Waals surface area contributed by atoms with Crippen molar-refractivity contribution in [1.29, 1.82) is 0 Å². The maximum Gasteiger partial charge on any atom is 0.261 e. The van der Waals surface area contributed by atoms with E-state index in [0.29, 0.717) is 54.3 Å². The summed E-state index contributed by atoms with van der Waals surface area (Å²) in [5, 5.41) is 3.13. The number of rotatable bonds is 5. The second kappa shape index (κ2) is 8.73. The number of aryl methyl sites for hydroxylation is 1. The van der Waals surface area contributed by atoms with Gasteiger partial charge in [-0.15, -0.1) is 0 Å². The standard InChI is InChI=1S/C22H27N5O5S/c1-14(26-7-9-27(10-8-26)33(4,30)31)19-12-17-21(32-19)18(13-25(3)22(17)29)16-5-6-23-20(11-16)24-15(2)28/h5-6,11-14H,7-10H2,1-4H3,(H,23,24,28)/t14-/m0/s1. The van der Waals surface area contributed by atoms with Crippen LogP contribution in [-0.2, 0) is 21.9 Å². The van der Waals surface area contributed by atoms with Gasteiger partial charge in [-0.05, 0) is 30.7 Å². The lowest BCUT2D eigenvalue weighted by Gasteiger charge is -2.36. The molecule has 176 valence electrons. The Morgan fingerprint density at radius 3 is 2.55 bits per heavy atom. The summed E-state index contributed by atoms with van der Waals surface area (Å²) in [5.74, 6) is 0.819. The van der Waals surface area contributed by atoms with Gasteiger partial charge in [0, 0.05) is 58.1 Å². The fraction of sp³-hybridized carbons (Fsp3) is 0.409. The number of hydrogen-bond acceptors (Lipinski definition) is 7. The van der Waals surface area contributed by atoms with E-state index >= 15 is 0 Å². The summed E-state index contributed by atoms with van der Waals surface area (Å²) >= 11 is 0. The van der Waals surface area contributed by atoms with Crippen molar-refractivity contribution in [3.05, 3.63) is 46.7 Å². The summed E-state index contributed by atoms with van der Waals surface area (Å²) in [6.45, 7) is 5.37. The van der Waals surface area contributed by atoms with Gasteiger partial charge < -0.3 is 14.3 Å². The molecule has 0 bridgehead atoms. The molecule has 10 nitrogen and oxygen atoms in total. The molecule has 0 radical (unpaired) electrons. The Morgan fingerprint density at radius 2 is 1.91 bits per heavy atom. The highest BCUT2D eigenvalue weighted by Crippen LogP contribution is 2.33. The molecule has 0 aromatic carbocycles. The first kappa shape index (κ1) is 23.1. The van der Waals surface area contributed by atoms with Crippen molar-refractivity contribution in [1.82, 2.24) is 18.8 Å². The van der Waals surface area contributed by atoms with Crippen LogP contribution in [0.5, 0.6) is 0 Å². The topological polar surface area (TPSA) is 118 Å². The summed E-state index contributed by atoms with van der Waals surface area (Å²) in [6.07, 6.45) is 4.52. The number of piperazine rings is 1. The van der Waals surface area contributed by atoms with Crippen LogP contribution in [0.25, 0.3) is 22.1 Å². The zero-order chi connectivity index (χ0) is 23.9. The maximum atomic E-state index is 12.8. The van der Waals surface area contributed by atoms with Crippen LogP contribution in [0.4, 0.5) is 5.82 Å². The Bertz CT molecular complexity index is 1370. The van der Waals surface area contributed by atoms with E-state index < -0.39 is 10.0 Å². The van der Waals surface area contributed by atoms with Crippen molar-refractivity contribution in [2.45, 2.75) is 19.9 Å². The Kier molecular flexibility index (Phi) is 6.12. The highest BCUT2D eigenvalue weighted by Gasteiger charge is 2.28. The van der Waals surface area contributed by atoms with Gasteiger partial charge in [0.2, 0.25) is 15.9 Å². The van der Waals surface area contributed by atoms with Crippen LogP contribution < -0.4 is 10.9 Å². The van der Waals surface area contributed by atoms with Crippen LogP contribution >= 0.6 is 0 Å². The number of nitrogens with one attached hydrogen (secondary N) is 1. The lowest BCUT2D eigenvalue weighted by Crippen LogP contribution is -2.48. The molecule has 0 spiro atoms. The van der Waals surface area contributed by atoms with E-state index in [0.717, 1.165) is 5.56 Å². The van der Waals surface area contributed by atoms with E-state index in [1.807, 2.05) is 6.92 Å². The molecular weight excluding hydrogens is 446 g/mol. The van der Waals surface area contributed by atoms with Crippen molar-refractivity contribution in [3.63, 3.8) is 0 Å². The van der Waals surface area contributed by atoms with Crippen LogP contribution in [-0.4, -0.2) is 65.5 Å². The van der Waals surface area contributed by atoms with E-state index in [1.54, 1.807) is 37.6 Å². The second-order valence-corrected chi connectivity index (χ2v) is 10.3. The summed E-state index contributed by atoms with van der Waals surface area (Å²) in [6, 6.07) is 5.16. The fourth-order valence-corrected chi connectivity index (χ4v) is 4.96. The molecular formula is C22H27N5O5S. The van der Waals surface area contributed by atoms with Gasteiger partial charge in [0.05, 0.1) is 17.7 Å². The SMILES string of the molecule is CC(=O)Nc1cc(-c2cn(C)c(=O)c3cc([C@H](C)N4CCN(S(C)(=O)=O)CC4)oc23)ccn1. The lowest BCUT2D eigenvalue weighted by molar-refractivity contribution is -0.114. The number of furan rings is 1. The van der Waals surface area contributed by atoms with Crippen LogP contribution in [0.2, 0.25) is 0 Å². The Morgan fingerprint density at radius 1 is 1.21 bits per heavy atom. The van der Waals surface area contributed by atoms with Gasteiger partial charge in [0.15, 0.2) is 0 Å². The first-order valence-electron chi connectivity index (χ1n) is 10.6. The zero-order valence-corrected chi connectivity index (χ0v) is 19.8. The zero-order valence-electron chi connectivity index (χ0n) is 19.0. The van der Waals surface area contributed by atoms with Crippen LogP contribution in [0, 0.1) is 0 Å². The predicted molar refractivity (Wildman–Crippen MR) is 125 cm³/mol. The van der Waals surface area contributed by atoms with Gasteiger partial charge in [-0.25, -0.2) is 13.4 Å². The van der Waals surface area contributed by atoms with Crippen molar-refractivity contribution in [2.24, 2.45) is 7.05 Å².